The molecule has 0 saturated heterocycles. The lowest BCUT2D eigenvalue weighted by atomic mass is 9.99. The molecule has 0 aromatic heterocycles. The Morgan fingerprint density at radius 2 is 0.867 bits per heavy atom. The average Bonchev–Trinajstić information content (AvgIpc) is 3.04. The summed E-state index contributed by atoms with van der Waals surface area (Å²) in [4.78, 5) is 24.2. The molecule has 0 saturated carbocycles. The van der Waals surface area contributed by atoms with E-state index in [1.54, 1.807) is 0 Å². The van der Waals surface area contributed by atoms with Crippen molar-refractivity contribution in [2.45, 2.75) is 226 Å². The van der Waals surface area contributed by atoms with Gasteiger partial charge in [-0.15, -0.1) is 0 Å². The van der Waals surface area contributed by atoms with Crippen LogP contribution in [0.25, 0.3) is 0 Å². The first-order valence-electron chi connectivity index (χ1n) is 20.0. The first kappa shape index (κ1) is 43.9. The third-order valence-electron chi connectivity index (χ3n) is 9.44. The van der Waals surface area contributed by atoms with Gasteiger partial charge < -0.3 is 14.6 Å². The molecule has 45 heavy (non-hydrogen) atoms. The van der Waals surface area contributed by atoms with Gasteiger partial charge >= 0.3 is 11.9 Å². The molecule has 0 heterocycles. The van der Waals surface area contributed by atoms with Crippen LogP contribution in [0.3, 0.4) is 0 Å². The maximum atomic E-state index is 12.2. The molecule has 5 nitrogen and oxygen atoms in total. The van der Waals surface area contributed by atoms with Crippen molar-refractivity contribution in [3.8, 4) is 0 Å². The Morgan fingerprint density at radius 3 is 1.24 bits per heavy atom. The Bertz CT molecular complexity index is 622. The number of ether oxygens (including phenoxy) is 2. The van der Waals surface area contributed by atoms with Gasteiger partial charge in [-0.3, -0.25) is 9.59 Å². The van der Waals surface area contributed by atoms with Crippen molar-refractivity contribution in [2.24, 2.45) is 5.92 Å². The normalized spacial score (nSPS) is 12.7. The minimum Gasteiger partial charge on any atom is -0.462 e. The molecule has 0 rings (SSSR count). The van der Waals surface area contributed by atoms with E-state index < -0.39 is 6.10 Å². The van der Waals surface area contributed by atoms with Crippen LogP contribution in [0.4, 0.5) is 0 Å². The van der Waals surface area contributed by atoms with Crippen LogP contribution in [-0.2, 0) is 19.1 Å². The van der Waals surface area contributed by atoms with Crippen LogP contribution in [0.5, 0.6) is 0 Å². The van der Waals surface area contributed by atoms with Gasteiger partial charge in [0, 0.05) is 12.8 Å². The Labute approximate surface area is 280 Å². The summed E-state index contributed by atoms with van der Waals surface area (Å²) in [5.74, 6) is 0.302. The molecule has 0 fully saturated rings. The van der Waals surface area contributed by atoms with E-state index in [9.17, 15) is 14.7 Å². The fraction of sp³-hybridized carbons (Fsp3) is 0.950. The highest BCUT2D eigenvalue weighted by Crippen LogP contribution is 2.17. The van der Waals surface area contributed by atoms with Gasteiger partial charge in [-0.1, -0.05) is 194 Å². The van der Waals surface area contributed by atoms with Crippen molar-refractivity contribution < 1.29 is 24.2 Å². The zero-order valence-corrected chi connectivity index (χ0v) is 30.6. The first-order valence-corrected chi connectivity index (χ1v) is 20.0. The van der Waals surface area contributed by atoms with E-state index in [1.165, 1.54) is 148 Å². The standard InChI is InChI=1S/C40H78O5/c1-4-6-7-8-9-10-11-12-13-14-15-16-17-22-25-28-31-34-40(43)45-38(35-41)36-44-39(42)33-30-27-24-21-19-18-20-23-26-29-32-37(3)5-2/h37-38,41H,4-36H2,1-3H3/t37?,38-/m0/s1. The molecule has 1 unspecified atom stereocenters. The second-order valence-electron chi connectivity index (χ2n) is 14.0. The van der Waals surface area contributed by atoms with E-state index in [-0.39, 0.29) is 25.2 Å². The zero-order chi connectivity index (χ0) is 33.1. The SMILES string of the molecule is CCCCCCCCCCCCCCCCCCCC(=O)O[C@@H](CO)COC(=O)CCCCCCCCCCCCC(C)CC. The molecule has 0 bridgehead atoms. The Morgan fingerprint density at radius 1 is 0.511 bits per heavy atom. The van der Waals surface area contributed by atoms with Crippen LogP contribution in [-0.4, -0.2) is 36.4 Å². The molecule has 5 heteroatoms. The van der Waals surface area contributed by atoms with Crippen LogP contribution in [0.2, 0.25) is 0 Å². The van der Waals surface area contributed by atoms with Crippen molar-refractivity contribution in [3.63, 3.8) is 0 Å². The average molecular weight is 639 g/mol. The lowest BCUT2D eigenvalue weighted by Gasteiger charge is -2.15. The van der Waals surface area contributed by atoms with Gasteiger partial charge in [0.2, 0.25) is 0 Å². The van der Waals surface area contributed by atoms with Crippen LogP contribution >= 0.6 is 0 Å². The van der Waals surface area contributed by atoms with Crippen LogP contribution in [0, 0.1) is 5.92 Å². The smallest absolute Gasteiger partial charge is 0.306 e. The highest BCUT2D eigenvalue weighted by atomic mass is 16.6. The van der Waals surface area contributed by atoms with Gasteiger partial charge in [-0.05, 0) is 18.8 Å². The molecule has 0 aliphatic rings. The molecule has 0 aromatic rings. The van der Waals surface area contributed by atoms with E-state index in [0.29, 0.717) is 12.8 Å². The summed E-state index contributed by atoms with van der Waals surface area (Å²) in [7, 11) is 0. The molecule has 0 amide bonds. The number of hydrogen-bond donors (Lipinski definition) is 1. The van der Waals surface area contributed by atoms with Crippen LogP contribution < -0.4 is 0 Å². The number of carbonyl (C=O) groups excluding carboxylic acids is 2. The van der Waals surface area contributed by atoms with Gasteiger partial charge in [0.1, 0.15) is 6.61 Å². The summed E-state index contributed by atoms with van der Waals surface area (Å²) in [6.45, 7) is 6.53. The molecular weight excluding hydrogens is 560 g/mol. The number of hydrogen-bond acceptors (Lipinski definition) is 5. The number of esters is 2. The zero-order valence-electron chi connectivity index (χ0n) is 30.6. The lowest BCUT2D eigenvalue weighted by Crippen LogP contribution is -2.28. The summed E-state index contributed by atoms with van der Waals surface area (Å²) in [6, 6.07) is 0. The van der Waals surface area contributed by atoms with E-state index in [0.717, 1.165) is 44.4 Å². The van der Waals surface area contributed by atoms with Gasteiger partial charge in [-0.25, -0.2) is 0 Å². The monoisotopic (exact) mass is 639 g/mol. The molecule has 268 valence electrons. The second kappa shape index (κ2) is 35.7. The number of rotatable bonds is 36. The Balaban J connectivity index is 3.50. The molecule has 0 spiro atoms. The predicted octanol–water partition coefficient (Wildman–Crippen LogP) is 12.2. The van der Waals surface area contributed by atoms with Gasteiger partial charge in [0.25, 0.3) is 0 Å². The molecule has 1 N–H and O–H groups in total. The highest BCUT2D eigenvalue weighted by molar-refractivity contribution is 5.70. The minimum absolute atomic E-state index is 0.0581. The van der Waals surface area contributed by atoms with Crippen LogP contribution in [0.15, 0.2) is 0 Å². The van der Waals surface area contributed by atoms with Gasteiger partial charge in [0.05, 0.1) is 6.61 Å². The molecule has 0 aliphatic carbocycles. The third-order valence-corrected chi connectivity index (χ3v) is 9.44. The Kier molecular flexibility index (Phi) is 34.9. The molecular formula is C40H78O5. The fourth-order valence-electron chi connectivity index (χ4n) is 6.00. The maximum Gasteiger partial charge on any atom is 0.306 e. The van der Waals surface area contributed by atoms with E-state index in [1.807, 2.05) is 0 Å². The van der Waals surface area contributed by atoms with Crippen LogP contribution in [0.1, 0.15) is 220 Å². The fourth-order valence-corrected chi connectivity index (χ4v) is 6.00. The predicted molar refractivity (Wildman–Crippen MR) is 192 cm³/mol. The quantitative estimate of drug-likeness (QED) is 0.0546. The van der Waals surface area contributed by atoms with E-state index >= 15 is 0 Å². The highest BCUT2D eigenvalue weighted by Gasteiger charge is 2.16. The van der Waals surface area contributed by atoms with E-state index in [4.69, 9.17) is 9.47 Å². The van der Waals surface area contributed by atoms with Gasteiger partial charge in [0.15, 0.2) is 6.10 Å². The van der Waals surface area contributed by atoms with Crippen molar-refractivity contribution >= 4 is 11.9 Å². The summed E-state index contributed by atoms with van der Waals surface area (Å²) < 4.78 is 10.6. The summed E-state index contributed by atoms with van der Waals surface area (Å²) in [5, 5.41) is 9.55. The molecule has 0 aliphatic heterocycles. The third kappa shape index (κ3) is 34.1. The maximum absolute atomic E-state index is 12.2. The van der Waals surface area contributed by atoms with Gasteiger partial charge in [-0.2, -0.15) is 0 Å². The van der Waals surface area contributed by atoms with Crippen molar-refractivity contribution in [2.75, 3.05) is 13.2 Å². The largest absolute Gasteiger partial charge is 0.462 e. The second-order valence-corrected chi connectivity index (χ2v) is 14.0. The lowest BCUT2D eigenvalue weighted by molar-refractivity contribution is -0.161. The number of carbonyl (C=O) groups is 2. The minimum atomic E-state index is -0.762. The number of unbranched alkanes of at least 4 members (excludes halogenated alkanes) is 25. The topological polar surface area (TPSA) is 72.8 Å². The summed E-state index contributed by atoms with van der Waals surface area (Å²) in [6.07, 6.45) is 37.3. The van der Waals surface area contributed by atoms with E-state index in [2.05, 4.69) is 20.8 Å². The summed E-state index contributed by atoms with van der Waals surface area (Å²) in [5.41, 5.74) is 0. The number of aliphatic hydroxyl groups excluding tert-OH is 1. The first-order chi connectivity index (χ1) is 22.0. The number of aliphatic hydroxyl groups is 1. The molecule has 2 atom stereocenters. The Hall–Kier alpha value is -1.10. The summed E-state index contributed by atoms with van der Waals surface area (Å²) >= 11 is 0. The van der Waals surface area contributed by atoms with Crippen molar-refractivity contribution in [3.05, 3.63) is 0 Å². The molecule has 0 radical (unpaired) electrons. The van der Waals surface area contributed by atoms with Crippen molar-refractivity contribution in [1.29, 1.82) is 0 Å². The molecule has 0 aromatic carbocycles. The van der Waals surface area contributed by atoms with Crippen molar-refractivity contribution in [1.82, 2.24) is 0 Å².